The lowest BCUT2D eigenvalue weighted by molar-refractivity contribution is 0.660. The highest BCUT2D eigenvalue weighted by Gasteiger charge is 2.10. The Morgan fingerprint density at radius 1 is 1.40 bits per heavy atom. The number of hydrogen-bond donors (Lipinski definition) is 1. The number of H-pyrrole nitrogens is 1. The van der Waals surface area contributed by atoms with Crippen molar-refractivity contribution in [1.82, 2.24) is 24.5 Å². The van der Waals surface area contributed by atoms with Gasteiger partial charge in [0.15, 0.2) is 5.82 Å². The molecular weight excluding hydrogens is 194 g/mol. The minimum atomic E-state index is -0.184. The van der Waals surface area contributed by atoms with Gasteiger partial charge in [0.2, 0.25) is 0 Å². The topological polar surface area (TPSA) is 68.5 Å². The van der Waals surface area contributed by atoms with Crippen molar-refractivity contribution in [1.29, 1.82) is 0 Å². The van der Waals surface area contributed by atoms with Crippen LogP contribution in [0.2, 0.25) is 0 Å². The van der Waals surface area contributed by atoms with Crippen molar-refractivity contribution in [2.45, 2.75) is 26.9 Å². The SMILES string of the molecule is CCn1cc(-c2n[nH]c(=O)n2CC)cn1. The molecule has 6 nitrogen and oxygen atoms in total. The Kier molecular flexibility index (Phi) is 2.40. The summed E-state index contributed by atoms with van der Waals surface area (Å²) in [6.45, 7) is 5.32. The summed E-state index contributed by atoms with van der Waals surface area (Å²) in [6.07, 6.45) is 3.59. The van der Waals surface area contributed by atoms with Crippen LogP contribution in [0, 0.1) is 0 Å². The van der Waals surface area contributed by atoms with Crippen LogP contribution in [0.5, 0.6) is 0 Å². The molecule has 0 spiro atoms. The quantitative estimate of drug-likeness (QED) is 0.795. The second kappa shape index (κ2) is 3.72. The van der Waals surface area contributed by atoms with E-state index in [2.05, 4.69) is 15.3 Å². The van der Waals surface area contributed by atoms with E-state index in [-0.39, 0.29) is 5.69 Å². The Labute approximate surface area is 86.5 Å². The monoisotopic (exact) mass is 207 g/mol. The Hall–Kier alpha value is -1.85. The van der Waals surface area contributed by atoms with Crippen LogP contribution >= 0.6 is 0 Å². The van der Waals surface area contributed by atoms with Crippen LogP contribution in [0.4, 0.5) is 0 Å². The molecule has 2 rings (SSSR count). The molecule has 0 saturated heterocycles. The predicted octanol–water partition coefficient (Wildman–Crippen LogP) is 0.475. The molecule has 2 aromatic rings. The van der Waals surface area contributed by atoms with E-state index in [0.717, 1.165) is 12.1 Å². The Morgan fingerprint density at radius 3 is 2.80 bits per heavy atom. The maximum atomic E-state index is 11.3. The molecule has 0 radical (unpaired) electrons. The number of rotatable bonds is 3. The molecule has 1 N–H and O–H groups in total. The van der Waals surface area contributed by atoms with Gasteiger partial charge in [0.25, 0.3) is 0 Å². The molecule has 0 unspecified atom stereocenters. The van der Waals surface area contributed by atoms with Crippen LogP contribution in [0.25, 0.3) is 11.4 Å². The molecule has 80 valence electrons. The van der Waals surface area contributed by atoms with Gasteiger partial charge in [-0.15, -0.1) is 0 Å². The summed E-state index contributed by atoms with van der Waals surface area (Å²) in [5, 5.41) is 10.6. The number of aryl methyl sites for hydroxylation is 1. The molecule has 2 aromatic heterocycles. The number of aromatic nitrogens is 5. The lowest BCUT2D eigenvalue weighted by Crippen LogP contribution is -2.16. The molecule has 0 atom stereocenters. The smallest absolute Gasteiger partial charge is 0.275 e. The van der Waals surface area contributed by atoms with Crippen LogP contribution < -0.4 is 5.69 Å². The van der Waals surface area contributed by atoms with Gasteiger partial charge in [-0.2, -0.15) is 10.2 Å². The van der Waals surface area contributed by atoms with Crippen LogP contribution in [0.1, 0.15) is 13.8 Å². The van der Waals surface area contributed by atoms with Gasteiger partial charge in [0, 0.05) is 19.3 Å². The normalized spacial score (nSPS) is 10.8. The van der Waals surface area contributed by atoms with Gasteiger partial charge in [-0.25, -0.2) is 9.89 Å². The van der Waals surface area contributed by atoms with Gasteiger partial charge in [-0.05, 0) is 13.8 Å². The molecule has 0 amide bonds. The largest absolute Gasteiger partial charge is 0.343 e. The number of aromatic amines is 1. The first-order valence-corrected chi connectivity index (χ1v) is 4.94. The molecule has 0 saturated carbocycles. The summed E-state index contributed by atoms with van der Waals surface area (Å²) in [5.41, 5.74) is 0.675. The van der Waals surface area contributed by atoms with Crippen molar-refractivity contribution in [2.24, 2.45) is 0 Å². The molecule has 0 aromatic carbocycles. The maximum Gasteiger partial charge on any atom is 0.343 e. The zero-order valence-corrected chi connectivity index (χ0v) is 8.77. The van der Waals surface area contributed by atoms with Crippen LogP contribution in [-0.4, -0.2) is 24.5 Å². The summed E-state index contributed by atoms with van der Waals surface area (Å²) in [5.74, 6) is 0.641. The molecule has 0 aliphatic carbocycles. The number of nitrogens with zero attached hydrogens (tertiary/aromatic N) is 4. The molecule has 6 heteroatoms. The average molecular weight is 207 g/mol. The number of nitrogens with one attached hydrogen (secondary N) is 1. The van der Waals surface area contributed by atoms with Crippen LogP contribution in [0.3, 0.4) is 0 Å². The Bertz CT molecular complexity index is 507. The van der Waals surface area contributed by atoms with E-state index in [9.17, 15) is 4.79 Å². The predicted molar refractivity (Wildman–Crippen MR) is 55.4 cm³/mol. The summed E-state index contributed by atoms with van der Waals surface area (Å²) in [6, 6.07) is 0. The first-order valence-electron chi connectivity index (χ1n) is 4.94. The van der Waals surface area contributed by atoms with E-state index in [1.807, 2.05) is 20.0 Å². The molecule has 15 heavy (non-hydrogen) atoms. The Balaban J connectivity index is 2.48. The summed E-state index contributed by atoms with van der Waals surface area (Å²) >= 11 is 0. The van der Waals surface area contributed by atoms with Gasteiger partial charge >= 0.3 is 5.69 Å². The van der Waals surface area contributed by atoms with E-state index < -0.39 is 0 Å². The minimum Gasteiger partial charge on any atom is -0.275 e. The highest BCUT2D eigenvalue weighted by molar-refractivity contribution is 5.51. The number of hydrogen-bond acceptors (Lipinski definition) is 3. The van der Waals surface area contributed by atoms with Gasteiger partial charge in [0.1, 0.15) is 0 Å². The van der Waals surface area contributed by atoms with Gasteiger partial charge in [-0.1, -0.05) is 0 Å². The molecular formula is C9H13N5O. The third-order valence-electron chi connectivity index (χ3n) is 2.29. The fraction of sp³-hybridized carbons (Fsp3) is 0.444. The summed E-state index contributed by atoms with van der Waals surface area (Å²) in [7, 11) is 0. The second-order valence-corrected chi connectivity index (χ2v) is 3.18. The van der Waals surface area contributed by atoms with Crippen LogP contribution in [-0.2, 0) is 13.1 Å². The maximum absolute atomic E-state index is 11.3. The molecule has 0 aliphatic rings. The molecule has 0 aliphatic heterocycles. The average Bonchev–Trinajstić information content (AvgIpc) is 2.83. The highest BCUT2D eigenvalue weighted by Crippen LogP contribution is 2.13. The van der Waals surface area contributed by atoms with Crippen molar-refractivity contribution in [3.8, 4) is 11.4 Å². The van der Waals surface area contributed by atoms with Crippen molar-refractivity contribution < 1.29 is 0 Å². The van der Waals surface area contributed by atoms with E-state index in [1.54, 1.807) is 15.4 Å². The van der Waals surface area contributed by atoms with Crippen molar-refractivity contribution >= 4 is 0 Å². The van der Waals surface area contributed by atoms with E-state index in [0.29, 0.717) is 12.4 Å². The van der Waals surface area contributed by atoms with E-state index in [4.69, 9.17) is 0 Å². The van der Waals surface area contributed by atoms with Crippen LogP contribution in [0.15, 0.2) is 17.2 Å². The van der Waals surface area contributed by atoms with Crippen molar-refractivity contribution in [2.75, 3.05) is 0 Å². The lowest BCUT2D eigenvalue weighted by Gasteiger charge is -1.98. The van der Waals surface area contributed by atoms with Gasteiger partial charge < -0.3 is 0 Å². The second-order valence-electron chi connectivity index (χ2n) is 3.18. The van der Waals surface area contributed by atoms with E-state index >= 15 is 0 Å². The lowest BCUT2D eigenvalue weighted by atomic mass is 10.3. The van der Waals surface area contributed by atoms with E-state index in [1.165, 1.54) is 0 Å². The molecule has 0 fully saturated rings. The third kappa shape index (κ3) is 1.58. The molecule has 2 heterocycles. The first kappa shape index (κ1) is 9.70. The zero-order chi connectivity index (χ0) is 10.8. The fourth-order valence-corrected chi connectivity index (χ4v) is 1.48. The standard InChI is InChI=1S/C9H13N5O/c1-3-13-6-7(5-10-13)8-11-12-9(15)14(8)4-2/h5-6H,3-4H2,1-2H3,(H,12,15). The van der Waals surface area contributed by atoms with Crippen molar-refractivity contribution in [3.63, 3.8) is 0 Å². The van der Waals surface area contributed by atoms with Crippen molar-refractivity contribution in [3.05, 3.63) is 22.9 Å². The Morgan fingerprint density at radius 2 is 2.20 bits per heavy atom. The summed E-state index contributed by atoms with van der Waals surface area (Å²) < 4.78 is 3.38. The van der Waals surface area contributed by atoms with Gasteiger partial charge in [-0.3, -0.25) is 9.25 Å². The zero-order valence-electron chi connectivity index (χ0n) is 8.77. The highest BCUT2D eigenvalue weighted by atomic mass is 16.1. The summed E-state index contributed by atoms with van der Waals surface area (Å²) in [4.78, 5) is 11.3. The fourth-order valence-electron chi connectivity index (χ4n) is 1.48. The first-order chi connectivity index (χ1) is 7.26. The van der Waals surface area contributed by atoms with Gasteiger partial charge in [0.05, 0.1) is 11.8 Å². The third-order valence-corrected chi connectivity index (χ3v) is 2.29. The minimum absolute atomic E-state index is 0.184. The molecule has 0 bridgehead atoms.